The van der Waals surface area contributed by atoms with Crippen LogP contribution in [-0.2, 0) is 16.6 Å². The zero-order chi connectivity index (χ0) is 26.9. The summed E-state index contributed by atoms with van der Waals surface area (Å²) in [7, 11) is -3.50. The normalized spacial score (nSPS) is 18.3. The number of anilines is 1. The van der Waals surface area contributed by atoms with Crippen LogP contribution in [0, 0.1) is 13.8 Å². The number of fused-ring (bicyclic) bond motifs is 1. The lowest BCUT2D eigenvalue weighted by Gasteiger charge is -2.44. The number of aryl methyl sites for hydroxylation is 2. The van der Waals surface area contributed by atoms with Crippen LogP contribution in [0.4, 0.5) is 5.69 Å². The fourth-order valence-corrected chi connectivity index (χ4v) is 6.73. The molecule has 5 rings (SSSR count). The Labute approximate surface area is 226 Å². The van der Waals surface area contributed by atoms with Gasteiger partial charge in [0.25, 0.3) is 5.91 Å². The van der Waals surface area contributed by atoms with E-state index in [2.05, 4.69) is 5.32 Å². The molecule has 200 valence electrons. The van der Waals surface area contributed by atoms with Gasteiger partial charge in [0.15, 0.2) is 0 Å². The Hall–Kier alpha value is -3.32. The van der Waals surface area contributed by atoms with Gasteiger partial charge in [-0.05, 0) is 80.5 Å². The number of hydrogen-bond donors (Lipinski definition) is 1. The molecule has 1 saturated carbocycles. The lowest BCUT2D eigenvalue weighted by atomic mass is 9.77. The van der Waals surface area contributed by atoms with E-state index < -0.39 is 10.0 Å². The maximum absolute atomic E-state index is 13.3. The molecule has 2 aliphatic rings. The summed E-state index contributed by atoms with van der Waals surface area (Å²) < 4.78 is 33.3. The number of nitrogens with one attached hydrogen (secondary N) is 1. The zero-order valence-corrected chi connectivity index (χ0v) is 23.2. The zero-order valence-electron chi connectivity index (χ0n) is 22.4. The topological polar surface area (TPSA) is 75.7 Å². The first-order chi connectivity index (χ1) is 18.1. The highest BCUT2D eigenvalue weighted by Gasteiger charge is 2.42. The largest absolute Gasteiger partial charge is 0.487 e. The number of rotatable bonds is 6. The average Bonchev–Trinajstić information content (AvgIpc) is 2.89. The van der Waals surface area contributed by atoms with Gasteiger partial charge in [0.2, 0.25) is 10.0 Å². The molecule has 1 N–H and O–H groups in total. The summed E-state index contributed by atoms with van der Waals surface area (Å²) in [5.74, 6) is 0.729. The molecule has 3 aromatic carbocycles. The number of nitrogens with zero attached hydrogens (tertiary/aromatic N) is 1. The van der Waals surface area contributed by atoms with E-state index in [1.807, 2.05) is 68.4 Å². The van der Waals surface area contributed by atoms with Gasteiger partial charge in [-0.1, -0.05) is 48.9 Å². The van der Waals surface area contributed by atoms with Gasteiger partial charge in [-0.25, -0.2) is 8.42 Å². The maximum Gasteiger partial charge on any atom is 0.251 e. The van der Waals surface area contributed by atoms with Crippen molar-refractivity contribution in [3.05, 3.63) is 94.5 Å². The van der Waals surface area contributed by atoms with E-state index in [0.717, 1.165) is 60.1 Å². The lowest BCUT2D eigenvalue weighted by molar-refractivity contribution is -0.00210. The predicted octanol–water partition coefficient (Wildman–Crippen LogP) is 6.23. The molecule has 1 aliphatic carbocycles. The molecular weight excluding hydrogens is 496 g/mol. The van der Waals surface area contributed by atoms with Gasteiger partial charge in [0.1, 0.15) is 11.4 Å². The Morgan fingerprint density at radius 2 is 1.71 bits per heavy atom. The Balaban J connectivity index is 1.34. The van der Waals surface area contributed by atoms with Crippen LogP contribution >= 0.6 is 0 Å². The highest BCUT2D eigenvalue weighted by Crippen LogP contribution is 2.46. The van der Waals surface area contributed by atoms with Crippen LogP contribution in [0.5, 0.6) is 5.75 Å². The Kier molecular flexibility index (Phi) is 7.23. The van der Waals surface area contributed by atoms with Crippen molar-refractivity contribution in [1.29, 1.82) is 0 Å². The fourth-order valence-electron chi connectivity index (χ4n) is 5.79. The van der Waals surface area contributed by atoms with Crippen molar-refractivity contribution in [2.45, 2.75) is 70.6 Å². The summed E-state index contributed by atoms with van der Waals surface area (Å²) in [4.78, 5) is 13.3. The van der Waals surface area contributed by atoms with Gasteiger partial charge in [0.05, 0.1) is 24.5 Å². The minimum absolute atomic E-state index is 0.116. The van der Waals surface area contributed by atoms with E-state index >= 15 is 0 Å². The second-order valence-corrected chi connectivity index (χ2v) is 12.8. The first-order valence-corrected chi connectivity index (χ1v) is 15.2. The van der Waals surface area contributed by atoms with Crippen LogP contribution in [0.15, 0.2) is 66.7 Å². The highest BCUT2D eigenvalue weighted by molar-refractivity contribution is 7.92. The van der Waals surface area contributed by atoms with E-state index in [9.17, 15) is 13.2 Å². The molecule has 1 atom stereocenters. The molecular formula is C31H36N2O4S. The molecule has 1 heterocycles. The Bertz CT molecular complexity index is 1430. The molecule has 1 spiro atoms. The number of carbonyl (C=O) groups is 1. The Morgan fingerprint density at radius 3 is 2.42 bits per heavy atom. The van der Waals surface area contributed by atoms with E-state index in [0.29, 0.717) is 11.3 Å². The van der Waals surface area contributed by atoms with Crippen molar-refractivity contribution in [3.63, 3.8) is 0 Å². The molecule has 1 aliphatic heterocycles. The fraction of sp³-hybridized carbons (Fsp3) is 0.387. The first-order valence-electron chi connectivity index (χ1n) is 13.4. The number of carbonyl (C=O) groups excluding carboxylic acids is 1. The van der Waals surface area contributed by atoms with Gasteiger partial charge in [-0.2, -0.15) is 0 Å². The van der Waals surface area contributed by atoms with Gasteiger partial charge in [-0.3, -0.25) is 9.10 Å². The minimum Gasteiger partial charge on any atom is -0.487 e. The Morgan fingerprint density at radius 1 is 1.00 bits per heavy atom. The SMILES string of the molecule is Cc1ccc(C)c(N(Cc2ccc(C(=O)N[C@@H]3CC4(CCCCC4)Oc4ccccc43)cc2)S(C)(=O)=O)c1. The molecule has 0 aromatic heterocycles. The summed E-state index contributed by atoms with van der Waals surface area (Å²) >= 11 is 0. The molecule has 7 heteroatoms. The molecule has 0 radical (unpaired) electrons. The average molecular weight is 533 g/mol. The van der Waals surface area contributed by atoms with Crippen LogP contribution in [-0.4, -0.2) is 26.2 Å². The molecule has 0 saturated heterocycles. The number of ether oxygens (including phenoxy) is 1. The minimum atomic E-state index is -3.50. The van der Waals surface area contributed by atoms with Gasteiger partial charge >= 0.3 is 0 Å². The van der Waals surface area contributed by atoms with E-state index in [1.165, 1.54) is 17.0 Å². The van der Waals surface area contributed by atoms with Crippen molar-refractivity contribution in [2.24, 2.45) is 0 Å². The van der Waals surface area contributed by atoms with E-state index in [-0.39, 0.29) is 24.1 Å². The third-order valence-corrected chi connectivity index (χ3v) is 8.97. The summed E-state index contributed by atoms with van der Waals surface area (Å²) in [6, 6.07) is 20.9. The van der Waals surface area contributed by atoms with Crippen LogP contribution in [0.2, 0.25) is 0 Å². The molecule has 3 aromatic rings. The van der Waals surface area contributed by atoms with Crippen LogP contribution in [0.3, 0.4) is 0 Å². The second kappa shape index (κ2) is 10.4. The second-order valence-electron chi connectivity index (χ2n) is 10.9. The predicted molar refractivity (Wildman–Crippen MR) is 151 cm³/mol. The van der Waals surface area contributed by atoms with Crippen molar-refractivity contribution >= 4 is 21.6 Å². The smallest absolute Gasteiger partial charge is 0.251 e. The summed E-state index contributed by atoms with van der Waals surface area (Å²) in [5.41, 5.74) is 4.73. The molecule has 0 unspecified atom stereocenters. The lowest BCUT2D eigenvalue weighted by Crippen LogP contribution is -2.46. The number of hydrogen-bond acceptors (Lipinski definition) is 4. The van der Waals surface area contributed by atoms with Crippen molar-refractivity contribution in [1.82, 2.24) is 5.32 Å². The maximum atomic E-state index is 13.3. The molecule has 6 nitrogen and oxygen atoms in total. The number of benzene rings is 3. The van der Waals surface area contributed by atoms with Gasteiger partial charge in [0, 0.05) is 17.5 Å². The van der Waals surface area contributed by atoms with Crippen LogP contribution in [0.1, 0.15) is 77.2 Å². The summed E-state index contributed by atoms with van der Waals surface area (Å²) in [6.07, 6.45) is 7.55. The molecule has 0 bridgehead atoms. The number of amides is 1. The number of sulfonamides is 1. The van der Waals surface area contributed by atoms with Crippen molar-refractivity contribution < 1.29 is 17.9 Å². The third kappa shape index (κ3) is 5.58. The van der Waals surface area contributed by atoms with Gasteiger partial charge < -0.3 is 10.1 Å². The van der Waals surface area contributed by atoms with Crippen molar-refractivity contribution in [2.75, 3.05) is 10.6 Å². The summed E-state index contributed by atoms with van der Waals surface area (Å²) in [5, 5.41) is 3.26. The van der Waals surface area contributed by atoms with Gasteiger partial charge in [-0.15, -0.1) is 0 Å². The van der Waals surface area contributed by atoms with E-state index in [4.69, 9.17) is 4.74 Å². The molecule has 38 heavy (non-hydrogen) atoms. The van der Waals surface area contributed by atoms with E-state index in [1.54, 1.807) is 12.1 Å². The van der Waals surface area contributed by atoms with Crippen LogP contribution < -0.4 is 14.4 Å². The van der Waals surface area contributed by atoms with Crippen molar-refractivity contribution in [3.8, 4) is 5.75 Å². The summed E-state index contributed by atoms with van der Waals surface area (Å²) in [6.45, 7) is 4.05. The molecule has 1 amide bonds. The highest BCUT2D eigenvalue weighted by atomic mass is 32.2. The first kappa shape index (κ1) is 26.3. The van der Waals surface area contributed by atoms with Crippen LogP contribution in [0.25, 0.3) is 0 Å². The monoisotopic (exact) mass is 532 g/mol. The standard InChI is InChI=1S/C31H36N2O4S/c1-22-11-12-23(2)28(19-22)33(38(3,35)36)21-24-13-15-25(16-14-24)30(34)32-27-20-31(17-7-4-8-18-31)37-29-10-6-5-9-26(27)29/h5-6,9-16,19,27H,4,7-8,17-18,20-21H2,1-3H3,(H,32,34)/t27-/m1/s1. The number of para-hydroxylation sites is 1. The quantitative estimate of drug-likeness (QED) is 0.409. The molecule has 1 fully saturated rings. The third-order valence-electron chi connectivity index (χ3n) is 7.84.